The molecule has 0 aliphatic carbocycles. The molecule has 0 saturated carbocycles. The first-order valence-electron chi connectivity index (χ1n) is 8.39. The fourth-order valence-corrected chi connectivity index (χ4v) is 3.30. The van der Waals surface area contributed by atoms with Crippen molar-refractivity contribution in [1.82, 2.24) is 15.1 Å². The van der Waals surface area contributed by atoms with Crippen LogP contribution in [0.2, 0.25) is 0 Å². The second kappa shape index (κ2) is 7.44. The van der Waals surface area contributed by atoms with Crippen molar-refractivity contribution >= 4 is 5.91 Å². The van der Waals surface area contributed by atoms with Crippen molar-refractivity contribution < 1.29 is 14.3 Å². The number of rotatable bonds is 5. The summed E-state index contributed by atoms with van der Waals surface area (Å²) in [6.45, 7) is 9.00. The lowest BCUT2D eigenvalue weighted by atomic mass is 10.00. The number of ether oxygens (including phenoxy) is 2. The fourth-order valence-electron chi connectivity index (χ4n) is 3.30. The van der Waals surface area contributed by atoms with Gasteiger partial charge in [-0.25, -0.2) is 5.10 Å². The SMILES string of the molecule is CCc1n[nH]c(=O)c(C(=O)N2C[C@@H](COC)OC(C)(C)C2)c1CC. The first-order chi connectivity index (χ1) is 11.3. The van der Waals surface area contributed by atoms with Crippen molar-refractivity contribution in [2.24, 2.45) is 0 Å². The largest absolute Gasteiger partial charge is 0.382 e. The molecular formula is C17H27N3O4. The van der Waals surface area contributed by atoms with E-state index in [1.807, 2.05) is 27.7 Å². The molecule has 134 valence electrons. The van der Waals surface area contributed by atoms with Crippen LogP contribution in [0.15, 0.2) is 4.79 Å². The Bertz CT molecular complexity index is 654. The molecule has 1 aromatic heterocycles. The summed E-state index contributed by atoms with van der Waals surface area (Å²) in [4.78, 5) is 27.1. The number of carbonyl (C=O) groups is 1. The lowest BCUT2D eigenvalue weighted by molar-refractivity contribution is -0.143. The topological polar surface area (TPSA) is 84.5 Å². The number of carbonyl (C=O) groups excluding carboxylic acids is 1. The van der Waals surface area contributed by atoms with Gasteiger partial charge in [0, 0.05) is 20.2 Å². The third kappa shape index (κ3) is 3.84. The summed E-state index contributed by atoms with van der Waals surface area (Å²) < 4.78 is 11.1. The maximum absolute atomic E-state index is 13.1. The molecule has 1 atom stereocenters. The van der Waals surface area contributed by atoms with Crippen LogP contribution >= 0.6 is 0 Å². The van der Waals surface area contributed by atoms with E-state index in [2.05, 4.69) is 10.2 Å². The molecule has 0 aromatic carbocycles. The molecule has 0 bridgehead atoms. The molecule has 24 heavy (non-hydrogen) atoms. The van der Waals surface area contributed by atoms with Gasteiger partial charge in [-0.3, -0.25) is 9.59 Å². The van der Waals surface area contributed by atoms with Crippen LogP contribution in [0.5, 0.6) is 0 Å². The lowest BCUT2D eigenvalue weighted by Crippen LogP contribution is -2.56. The highest BCUT2D eigenvalue weighted by molar-refractivity contribution is 5.95. The normalized spacial score (nSPS) is 20.2. The van der Waals surface area contributed by atoms with E-state index in [0.29, 0.717) is 32.5 Å². The third-order valence-corrected chi connectivity index (χ3v) is 4.19. The highest BCUT2D eigenvalue weighted by atomic mass is 16.5. The van der Waals surface area contributed by atoms with E-state index in [-0.39, 0.29) is 17.6 Å². The molecule has 2 rings (SSSR count). The third-order valence-electron chi connectivity index (χ3n) is 4.19. The smallest absolute Gasteiger partial charge is 0.277 e. The van der Waals surface area contributed by atoms with Gasteiger partial charge in [0.2, 0.25) is 0 Å². The minimum Gasteiger partial charge on any atom is -0.382 e. The summed E-state index contributed by atoms with van der Waals surface area (Å²) in [6.07, 6.45) is 1.05. The average molecular weight is 337 g/mol. The average Bonchev–Trinajstić information content (AvgIpc) is 2.52. The molecule has 1 N–H and O–H groups in total. The monoisotopic (exact) mass is 337 g/mol. The molecule has 7 nitrogen and oxygen atoms in total. The number of hydrogen-bond acceptors (Lipinski definition) is 5. The summed E-state index contributed by atoms with van der Waals surface area (Å²) >= 11 is 0. The van der Waals surface area contributed by atoms with Crippen LogP contribution in [0, 0.1) is 0 Å². The minimum atomic E-state index is -0.489. The van der Waals surface area contributed by atoms with Gasteiger partial charge >= 0.3 is 0 Å². The van der Waals surface area contributed by atoms with Crippen molar-refractivity contribution in [3.8, 4) is 0 Å². The second-order valence-corrected chi connectivity index (χ2v) is 6.70. The van der Waals surface area contributed by atoms with Crippen LogP contribution in [0.4, 0.5) is 0 Å². The van der Waals surface area contributed by atoms with Crippen LogP contribution in [-0.4, -0.2) is 59.5 Å². The quantitative estimate of drug-likeness (QED) is 0.871. The zero-order valence-corrected chi connectivity index (χ0v) is 15.1. The van der Waals surface area contributed by atoms with Gasteiger partial charge in [0.05, 0.1) is 24.0 Å². The number of H-pyrrole nitrogens is 1. The number of methoxy groups -OCH3 is 1. The standard InChI is InChI=1S/C17H27N3O4/c1-6-12-13(7-2)18-19-15(21)14(12)16(22)20-8-11(9-23-5)24-17(3,4)10-20/h11H,6-10H2,1-5H3,(H,19,21)/t11-/m0/s1. The number of hydrogen-bond donors (Lipinski definition) is 1. The lowest BCUT2D eigenvalue weighted by Gasteiger charge is -2.42. The number of aromatic nitrogens is 2. The summed E-state index contributed by atoms with van der Waals surface area (Å²) in [5.74, 6) is -0.261. The van der Waals surface area contributed by atoms with E-state index in [1.165, 1.54) is 0 Å². The number of amides is 1. The van der Waals surface area contributed by atoms with Gasteiger partial charge in [-0.1, -0.05) is 13.8 Å². The Balaban J connectivity index is 2.39. The van der Waals surface area contributed by atoms with Crippen LogP contribution in [0.25, 0.3) is 0 Å². The zero-order chi connectivity index (χ0) is 17.9. The van der Waals surface area contributed by atoms with E-state index in [0.717, 1.165) is 11.3 Å². The molecule has 0 radical (unpaired) electrons. The van der Waals surface area contributed by atoms with Crippen molar-refractivity contribution in [2.45, 2.75) is 52.2 Å². The van der Waals surface area contributed by atoms with E-state index in [9.17, 15) is 9.59 Å². The van der Waals surface area contributed by atoms with Gasteiger partial charge in [-0.2, -0.15) is 5.10 Å². The van der Waals surface area contributed by atoms with Gasteiger partial charge in [0.1, 0.15) is 5.56 Å². The summed E-state index contributed by atoms with van der Waals surface area (Å²) in [6, 6.07) is 0. The summed E-state index contributed by atoms with van der Waals surface area (Å²) in [5.41, 5.74) is 0.789. The number of morpholine rings is 1. The van der Waals surface area contributed by atoms with Crippen LogP contribution in [0.3, 0.4) is 0 Å². The predicted molar refractivity (Wildman–Crippen MR) is 90.3 cm³/mol. The molecule has 1 aliphatic rings. The first kappa shape index (κ1) is 18.6. The number of nitrogens with one attached hydrogen (secondary N) is 1. The molecule has 1 fully saturated rings. The van der Waals surface area contributed by atoms with Gasteiger partial charge in [-0.05, 0) is 32.3 Å². The highest BCUT2D eigenvalue weighted by Crippen LogP contribution is 2.23. The Hall–Kier alpha value is -1.73. The molecule has 0 unspecified atom stereocenters. The Morgan fingerprint density at radius 1 is 1.42 bits per heavy atom. The Kier molecular flexibility index (Phi) is 5.77. The van der Waals surface area contributed by atoms with Crippen molar-refractivity contribution in [2.75, 3.05) is 26.8 Å². The van der Waals surface area contributed by atoms with E-state index in [1.54, 1.807) is 12.0 Å². The molecule has 7 heteroatoms. The molecule has 2 heterocycles. The number of aryl methyl sites for hydroxylation is 1. The molecule has 1 aromatic rings. The Morgan fingerprint density at radius 3 is 2.71 bits per heavy atom. The Morgan fingerprint density at radius 2 is 2.12 bits per heavy atom. The molecular weight excluding hydrogens is 310 g/mol. The second-order valence-electron chi connectivity index (χ2n) is 6.70. The number of aromatic amines is 1. The zero-order valence-electron chi connectivity index (χ0n) is 15.1. The van der Waals surface area contributed by atoms with Crippen molar-refractivity contribution in [1.29, 1.82) is 0 Å². The fraction of sp³-hybridized carbons (Fsp3) is 0.706. The van der Waals surface area contributed by atoms with Crippen LogP contribution in [0.1, 0.15) is 49.3 Å². The molecule has 1 aliphatic heterocycles. The summed E-state index contributed by atoms with van der Waals surface area (Å²) in [5, 5.41) is 6.54. The minimum absolute atomic E-state index is 0.207. The van der Waals surface area contributed by atoms with Crippen LogP contribution < -0.4 is 5.56 Å². The summed E-state index contributed by atoms with van der Waals surface area (Å²) in [7, 11) is 1.60. The van der Waals surface area contributed by atoms with Crippen LogP contribution in [-0.2, 0) is 22.3 Å². The molecule has 0 spiro atoms. The molecule has 1 amide bonds. The Labute approximate surface area is 142 Å². The molecule has 1 saturated heterocycles. The van der Waals surface area contributed by atoms with E-state index < -0.39 is 11.2 Å². The van der Waals surface area contributed by atoms with Gasteiger partial charge in [0.15, 0.2) is 0 Å². The van der Waals surface area contributed by atoms with Crippen molar-refractivity contribution in [3.05, 3.63) is 27.2 Å². The van der Waals surface area contributed by atoms with Gasteiger partial charge in [0.25, 0.3) is 11.5 Å². The van der Waals surface area contributed by atoms with Gasteiger partial charge < -0.3 is 14.4 Å². The highest BCUT2D eigenvalue weighted by Gasteiger charge is 2.37. The van der Waals surface area contributed by atoms with Gasteiger partial charge in [-0.15, -0.1) is 0 Å². The van der Waals surface area contributed by atoms with Crippen molar-refractivity contribution in [3.63, 3.8) is 0 Å². The predicted octanol–water partition coefficient (Wildman–Crippen LogP) is 1.16. The first-order valence-corrected chi connectivity index (χ1v) is 8.39. The maximum atomic E-state index is 13.1. The van der Waals surface area contributed by atoms with E-state index in [4.69, 9.17) is 9.47 Å². The maximum Gasteiger partial charge on any atom is 0.277 e. The number of nitrogens with zero attached hydrogens (tertiary/aromatic N) is 2. The van der Waals surface area contributed by atoms with E-state index >= 15 is 0 Å².